The average molecular weight is 729 g/mol. The number of hydrogen-bond acceptors (Lipinski definition) is 3. The lowest BCUT2D eigenvalue weighted by Gasteiger charge is -2.29. The normalized spacial score (nSPS) is 14.5. The summed E-state index contributed by atoms with van der Waals surface area (Å²) in [6.45, 7) is 2.40. The van der Waals surface area contributed by atoms with E-state index in [-0.39, 0.29) is 5.41 Å². The summed E-state index contributed by atoms with van der Waals surface area (Å²) in [4.78, 5) is 15.1. The smallest absolute Gasteiger partial charge is 0.164 e. The third kappa shape index (κ3) is 5.26. The van der Waals surface area contributed by atoms with Crippen molar-refractivity contribution in [1.82, 2.24) is 19.5 Å². The Morgan fingerprint density at radius 2 is 0.877 bits per heavy atom. The molecule has 268 valence electrons. The van der Waals surface area contributed by atoms with Crippen molar-refractivity contribution in [3.8, 4) is 62.1 Å². The Labute approximate surface area is 331 Å². The Bertz CT molecular complexity index is 3100. The quantitative estimate of drug-likeness (QED) is 0.171. The maximum Gasteiger partial charge on any atom is 0.164 e. The van der Waals surface area contributed by atoms with E-state index in [1.54, 1.807) is 0 Å². The van der Waals surface area contributed by atoms with Crippen LogP contribution in [-0.4, -0.2) is 19.5 Å². The van der Waals surface area contributed by atoms with Crippen LogP contribution in [-0.2, 0) is 5.41 Å². The van der Waals surface area contributed by atoms with Crippen LogP contribution in [0.2, 0.25) is 0 Å². The Balaban J connectivity index is 1.08. The van der Waals surface area contributed by atoms with Crippen LogP contribution in [0, 0.1) is 0 Å². The van der Waals surface area contributed by atoms with E-state index in [0.29, 0.717) is 17.5 Å². The van der Waals surface area contributed by atoms with Crippen LogP contribution in [0.4, 0.5) is 0 Å². The fourth-order valence-corrected chi connectivity index (χ4v) is 8.97. The van der Waals surface area contributed by atoms with Crippen molar-refractivity contribution in [2.45, 2.75) is 12.3 Å². The van der Waals surface area contributed by atoms with Gasteiger partial charge in [-0.3, -0.25) is 0 Å². The Kier molecular flexibility index (Phi) is 7.58. The zero-order valence-corrected chi connectivity index (χ0v) is 31.3. The van der Waals surface area contributed by atoms with Crippen LogP contribution in [0.1, 0.15) is 23.6 Å². The van der Waals surface area contributed by atoms with Gasteiger partial charge < -0.3 is 4.57 Å². The Morgan fingerprint density at radius 3 is 1.54 bits per heavy atom. The molecule has 4 nitrogen and oxygen atoms in total. The Hall–Kier alpha value is -7.43. The van der Waals surface area contributed by atoms with E-state index in [0.717, 1.165) is 27.9 Å². The van der Waals surface area contributed by atoms with Crippen LogP contribution in [0.25, 0.3) is 83.9 Å². The number of nitrogens with zero attached hydrogens (tertiary/aromatic N) is 4. The lowest BCUT2D eigenvalue weighted by atomic mass is 9.73. The van der Waals surface area contributed by atoms with Crippen molar-refractivity contribution in [2.24, 2.45) is 0 Å². The molecule has 0 fully saturated rings. The van der Waals surface area contributed by atoms with E-state index in [1.165, 1.54) is 55.2 Å². The molecule has 0 spiro atoms. The maximum atomic E-state index is 5.09. The van der Waals surface area contributed by atoms with Crippen molar-refractivity contribution in [1.29, 1.82) is 0 Å². The summed E-state index contributed by atoms with van der Waals surface area (Å²) >= 11 is 0. The minimum Gasteiger partial charge on any atom is -0.309 e. The standard InChI is InChI=1S/C53H36N4/c1-53(40-19-9-4-10-20-40)46-23-13-11-21-42(46)44-33-34-45-43-22-12-14-24-47(43)57(49(45)48(44)53)41-31-29-39(30-32-41)52-55-50(37-17-7-3-8-18-37)54-51(56-52)38-27-25-36(26-28-38)35-15-5-2-6-16-35/h2-34H,1H3. The van der Waals surface area contributed by atoms with E-state index in [9.17, 15) is 0 Å². The first kappa shape index (κ1) is 33.0. The van der Waals surface area contributed by atoms with Gasteiger partial charge in [0.1, 0.15) is 0 Å². The first-order valence-electron chi connectivity index (χ1n) is 19.5. The van der Waals surface area contributed by atoms with Gasteiger partial charge in [-0.2, -0.15) is 0 Å². The molecule has 0 aliphatic heterocycles. The number of fused-ring (bicyclic) bond motifs is 7. The molecule has 1 aliphatic carbocycles. The summed E-state index contributed by atoms with van der Waals surface area (Å²) < 4.78 is 2.46. The van der Waals surface area contributed by atoms with Gasteiger partial charge >= 0.3 is 0 Å². The molecule has 2 heterocycles. The number of aromatic nitrogens is 4. The van der Waals surface area contributed by atoms with Gasteiger partial charge in [-0.25, -0.2) is 15.0 Å². The van der Waals surface area contributed by atoms with E-state index >= 15 is 0 Å². The number of rotatable bonds is 6. The summed E-state index contributed by atoms with van der Waals surface area (Å²) in [5.41, 5.74) is 14.8. The second kappa shape index (κ2) is 13.1. The van der Waals surface area contributed by atoms with Gasteiger partial charge in [-0.05, 0) is 76.2 Å². The summed E-state index contributed by atoms with van der Waals surface area (Å²) in [5, 5.41) is 2.48. The van der Waals surface area contributed by atoms with Crippen LogP contribution in [0.15, 0.2) is 200 Å². The molecule has 8 aromatic carbocycles. The highest BCUT2D eigenvalue weighted by molar-refractivity contribution is 6.13. The van der Waals surface area contributed by atoms with Gasteiger partial charge in [0, 0.05) is 38.6 Å². The van der Waals surface area contributed by atoms with E-state index in [2.05, 4.69) is 175 Å². The summed E-state index contributed by atoms with van der Waals surface area (Å²) in [6.07, 6.45) is 0. The Morgan fingerprint density at radius 1 is 0.386 bits per heavy atom. The van der Waals surface area contributed by atoms with Gasteiger partial charge in [0.2, 0.25) is 0 Å². The SMILES string of the molecule is CC1(c2ccccc2)c2ccccc2-c2ccc3c4ccccc4n(-c4ccc(-c5nc(-c6ccccc6)nc(-c6ccc(-c7ccccc7)cc6)n5)cc4)c3c21. The van der Waals surface area contributed by atoms with E-state index in [1.807, 2.05) is 36.4 Å². The zero-order valence-electron chi connectivity index (χ0n) is 31.3. The summed E-state index contributed by atoms with van der Waals surface area (Å²) in [6, 6.07) is 71.1. The van der Waals surface area contributed by atoms with Gasteiger partial charge in [-0.15, -0.1) is 0 Å². The molecule has 0 amide bonds. The summed E-state index contributed by atoms with van der Waals surface area (Å²) in [7, 11) is 0. The van der Waals surface area contributed by atoms with Gasteiger partial charge in [0.05, 0.1) is 11.0 Å². The molecule has 0 bridgehead atoms. The predicted molar refractivity (Wildman–Crippen MR) is 233 cm³/mol. The molecular formula is C53H36N4. The number of benzene rings is 8. The molecule has 0 saturated heterocycles. The molecule has 4 heteroatoms. The molecule has 1 unspecified atom stereocenters. The van der Waals surface area contributed by atoms with E-state index in [4.69, 9.17) is 15.0 Å². The van der Waals surface area contributed by atoms with Crippen LogP contribution in [0.3, 0.4) is 0 Å². The maximum absolute atomic E-state index is 5.09. The molecule has 1 aliphatic rings. The lowest BCUT2D eigenvalue weighted by molar-refractivity contribution is 0.717. The fourth-order valence-electron chi connectivity index (χ4n) is 8.97. The van der Waals surface area contributed by atoms with Crippen molar-refractivity contribution in [2.75, 3.05) is 0 Å². The molecular weight excluding hydrogens is 693 g/mol. The molecule has 0 saturated carbocycles. The molecule has 0 N–H and O–H groups in total. The van der Waals surface area contributed by atoms with Crippen molar-refractivity contribution in [3.63, 3.8) is 0 Å². The fraction of sp³-hybridized carbons (Fsp3) is 0.0377. The van der Waals surface area contributed by atoms with Crippen molar-refractivity contribution in [3.05, 3.63) is 217 Å². The average Bonchev–Trinajstić information content (AvgIpc) is 3.77. The van der Waals surface area contributed by atoms with Crippen LogP contribution >= 0.6 is 0 Å². The van der Waals surface area contributed by atoms with Crippen molar-refractivity contribution >= 4 is 21.8 Å². The van der Waals surface area contributed by atoms with Gasteiger partial charge in [0.15, 0.2) is 17.5 Å². The predicted octanol–water partition coefficient (Wildman–Crippen LogP) is 13.0. The molecule has 0 radical (unpaired) electrons. The number of para-hydroxylation sites is 1. The zero-order chi connectivity index (χ0) is 37.9. The monoisotopic (exact) mass is 728 g/mol. The summed E-state index contributed by atoms with van der Waals surface area (Å²) in [5.74, 6) is 1.91. The minimum atomic E-state index is -0.354. The van der Waals surface area contributed by atoms with E-state index < -0.39 is 0 Å². The lowest BCUT2D eigenvalue weighted by Crippen LogP contribution is -2.23. The number of hydrogen-bond donors (Lipinski definition) is 0. The highest BCUT2D eigenvalue weighted by atomic mass is 15.0. The van der Waals surface area contributed by atoms with Gasteiger partial charge in [0.25, 0.3) is 0 Å². The first-order chi connectivity index (χ1) is 28.1. The molecule has 57 heavy (non-hydrogen) atoms. The molecule has 11 rings (SSSR count). The third-order valence-electron chi connectivity index (χ3n) is 11.7. The third-order valence-corrected chi connectivity index (χ3v) is 11.7. The first-order valence-corrected chi connectivity index (χ1v) is 19.5. The van der Waals surface area contributed by atoms with Crippen LogP contribution in [0.5, 0.6) is 0 Å². The second-order valence-corrected chi connectivity index (χ2v) is 14.9. The highest BCUT2D eigenvalue weighted by Crippen LogP contribution is 2.55. The minimum absolute atomic E-state index is 0.354. The van der Waals surface area contributed by atoms with Gasteiger partial charge in [-0.1, -0.05) is 170 Å². The topological polar surface area (TPSA) is 43.6 Å². The van der Waals surface area contributed by atoms with Crippen LogP contribution < -0.4 is 0 Å². The highest BCUT2D eigenvalue weighted by Gasteiger charge is 2.43. The van der Waals surface area contributed by atoms with Crippen molar-refractivity contribution < 1.29 is 0 Å². The molecule has 1 atom stereocenters. The molecule has 10 aromatic rings. The largest absolute Gasteiger partial charge is 0.309 e. The molecule has 2 aromatic heterocycles. The second-order valence-electron chi connectivity index (χ2n) is 14.9.